The van der Waals surface area contributed by atoms with Gasteiger partial charge in [-0.15, -0.1) is 0 Å². The fraction of sp³-hybridized carbons (Fsp3) is 0.278. The minimum absolute atomic E-state index is 0.156. The minimum atomic E-state index is -0.709. The van der Waals surface area contributed by atoms with Crippen molar-refractivity contribution >= 4 is 0 Å². The summed E-state index contributed by atoms with van der Waals surface area (Å²) in [7, 11) is 0. The first kappa shape index (κ1) is 15.9. The minimum Gasteiger partial charge on any atom is -0.491 e. The molecule has 0 aliphatic heterocycles. The summed E-state index contributed by atoms with van der Waals surface area (Å²) in [4.78, 5) is 0. The van der Waals surface area contributed by atoms with E-state index in [0.717, 1.165) is 16.9 Å². The quantitative estimate of drug-likeness (QED) is 0.853. The summed E-state index contributed by atoms with van der Waals surface area (Å²) in [5.74, 6) is 1.40. The zero-order chi connectivity index (χ0) is 15.8. The Kier molecular flexibility index (Phi) is 5.81. The molecule has 0 amide bonds. The van der Waals surface area contributed by atoms with Gasteiger partial charge in [0.1, 0.15) is 30.8 Å². The van der Waals surface area contributed by atoms with Gasteiger partial charge in [-0.1, -0.05) is 24.3 Å². The Morgan fingerprint density at radius 3 is 2.36 bits per heavy atom. The van der Waals surface area contributed by atoms with Gasteiger partial charge in [-0.2, -0.15) is 5.26 Å². The number of aliphatic hydroxyl groups is 1. The van der Waals surface area contributed by atoms with E-state index >= 15 is 0 Å². The molecular weight excluding hydrogens is 278 g/mol. The number of aryl methyl sites for hydroxylation is 1. The van der Waals surface area contributed by atoms with Gasteiger partial charge in [-0.25, -0.2) is 0 Å². The van der Waals surface area contributed by atoms with Gasteiger partial charge in [0.25, 0.3) is 0 Å². The molecule has 0 fully saturated rings. The lowest BCUT2D eigenvalue weighted by atomic mass is 10.2. The summed E-state index contributed by atoms with van der Waals surface area (Å²) in [6, 6.07) is 17.0. The van der Waals surface area contributed by atoms with Crippen molar-refractivity contribution in [1.29, 1.82) is 5.26 Å². The van der Waals surface area contributed by atoms with Gasteiger partial charge in [0.2, 0.25) is 0 Å². The Labute approximate surface area is 130 Å². The van der Waals surface area contributed by atoms with Crippen LogP contribution in [-0.2, 0) is 6.42 Å². The van der Waals surface area contributed by atoms with E-state index in [9.17, 15) is 5.11 Å². The van der Waals surface area contributed by atoms with Crippen LogP contribution in [-0.4, -0.2) is 24.4 Å². The largest absolute Gasteiger partial charge is 0.491 e. The third-order valence-corrected chi connectivity index (χ3v) is 3.08. The van der Waals surface area contributed by atoms with Crippen LogP contribution in [0.2, 0.25) is 0 Å². The van der Waals surface area contributed by atoms with Gasteiger partial charge in [0, 0.05) is 0 Å². The fourth-order valence-corrected chi connectivity index (χ4v) is 1.93. The van der Waals surface area contributed by atoms with Gasteiger partial charge >= 0.3 is 0 Å². The molecule has 0 radical (unpaired) electrons. The molecule has 4 nitrogen and oxygen atoms in total. The number of rotatable bonds is 7. The third-order valence-electron chi connectivity index (χ3n) is 3.08. The molecule has 114 valence electrons. The smallest absolute Gasteiger partial charge is 0.122 e. The molecular formula is C18H19NO3. The van der Waals surface area contributed by atoms with Gasteiger partial charge in [-0.3, -0.25) is 0 Å². The monoisotopic (exact) mass is 297 g/mol. The van der Waals surface area contributed by atoms with Crippen LogP contribution in [0.3, 0.4) is 0 Å². The lowest BCUT2D eigenvalue weighted by molar-refractivity contribution is 0.0626. The van der Waals surface area contributed by atoms with E-state index < -0.39 is 6.10 Å². The van der Waals surface area contributed by atoms with Crippen LogP contribution in [0.4, 0.5) is 0 Å². The summed E-state index contributed by atoms with van der Waals surface area (Å²) < 4.78 is 11.0. The molecule has 2 rings (SSSR count). The molecule has 0 saturated carbocycles. The van der Waals surface area contributed by atoms with Crippen molar-refractivity contribution in [3.05, 3.63) is 59.7 Å². The van der Waals surface area contributed by atoms with Crippen molar-refractivity contribution < 1.29 is 14.6 Å². The van der Waals surface area contributed by atoms with Crippen molar-refractivity contribution in [1.82, 2.24) is 0 Å². The third kappa shape index (κ3) is 5.12. The van der Waals surface area contributed by atoms with Gasteiger partial charge < -0.3 is 14.6 Å². The van der Waals surface area contributed by atoms with Crippen LogP contribution in [0.15, 0.2) is 48.5 Å². The van der Waals surface area contributed by atoms with Crippen LogP contribution >= 0.6 is 0 Å². The van der Waals surface area contributed by atoms with Crippen LogP contribution in [0, 0.1) is 18.3 Å². The second kappa shape index (κ2) is 8.06. The fourth-order valence-electron chi connectivity index (χ4n) is 1.93. The molecule has 1 unspecified atom stereocenters. The highest BCUT2D eigenvalue weighted by atomic mass is 16.5. The Balaban J connectivity index is 1.75. The zero-order valence-electron chi connectivity index (χ0n) is 12.5. The van der Waals surface area contributed by atoms with Crippen LogP contribution in [0.25, 0.3) is 0 Å². The molecule has 0 aromatic heterocycles. The predicted octanol–water partition coefficient (Wildman–Crippen LogP) is 2.88. The summed E-state index contributed by atoms with van der Waals surface area (Å²) in [6.07, 6.45) is -0.327. The lowest BCUT2D eigenvalue weighted by Gasteiger charge is -2.14. The van der Waals surface area contributed by atoms with Crippen molar-refractivity contribution in [2.75, 3.05) is 13.2 Å². The number of nitrogens with zero attached hydrogens (tertiary/aromatic N) is 1. The average molecular weight is 297 g/mol. The predicted molar refractivity (Wildman–Crippen MR) is 83.9 cm³/mol. The van der Waals surface area contributed by atoms with E-state index in [-0.39, 0.29) is 13.2 Å². The van der Waals surface area contributed by atoms with Crippen molar-refractivity contribution in [3.63, 3.8) is 0 Å². The number of aliphatic hydroxyl groups excluding tert-OH is 1. The number of hydrogen-bond donors (Lipinski definition) is 1. The standard InChI is InChI=1S/C18H19NO3/c1-14-3-2-4-18(11-14)22-13-16(20)12-21-17-7-5-15(6-8-17)9-10-19/h2-8,11,16,20H,9,12-13H2,1H3. The average Bonchev–Trinajstić information content (AvgIpc) is 2.53. The molecule has 0 saturated heterocycles. The SMILES string of the molecule is Cc1cccc(OCC(O)COc2ccc(CC#N)cc2)c1. The van der Waals surface area contributed by atoms with Crippen LogP contribution < -0.4 is 9.47 Å². The number of benzene rings is 2. The topological polar surface area (TPSA) is 62.5 Å². The van der Waals surface area contributed by atoms with Gasteiger partial charge in [-0.05, 0) is 42.3 Å². The molecule has 0 bridgehead atoms. The van der Waals surface area contributed by atoms with E-state index in [1.54, 1.807) is 12.1 Å². The molecule has 22 heavy (non-hydrogen) atoms. The van der Waals surface area contributed by atoms with E-state index in [2.05, 4.69) is 6.07 Å². The highest BCUT2D eigenvalue weighted by molar-refractivity contribution is 5.29. The second-order valence-corrected chi connectivity index (χ2v) is 5.07. The normalized spacial score (nSPS) is 11.5. The first-order valence-corrected chi connectivity index (χ1v) is 7.13. The summed E-state index contributed by atoms with van der Waals surface area (Å²) in [5, 5.41) is 18.5. The maximum absolute atomic E-state index is 9.89. The maximum atomic E-state index is 9.89. The summed E-state index contributed by atoms with van der Waals surface area (Å²) in [5.41, 5.74) is 2.05. The molecule has 0 spiro atoms. The second-order valence-electron chi connectivity index (χ2n) is 5.07. The van der Waals surface area contributed by atoms with Gasteiger partial charge in [0.15, 0.2) is 0 Å². The molecule has 1 atom stereocenters. The Bertz CT molecular complexity index is 632. The number of hydrogen-bond acceptors (Lipinski definition) is 4. The molecule has 2 aromatic rings. The Morgan fingerprint density at radius 1 is 1.05 bits per heavy atom. The highest BCUT2D eigenvalue weighted by Gasteiger charge is 2.07. The lowest BCUT2D eigenvalue weighted by Crippen LogP contribution is -2.25. The Morgan fingerprint density at radius 2 is 1.73 bits per heavy atom. The maximum Gasteiger partial charge on any atom is 0.122 e. The summed E-state index contributed by atoms with van der Waals surface area (Å²) in [6.45, 7) is 2.32. The first-order valence-electron chi connectivity index (χ1n) is 7.13. The molecule has 0 aliphatic rings. The van der Waals surface area contributed by atoms with E-state index in [1.807, 2.05) is 43.3 Å². The van der Waals surface area contributed by atoms with Gasteiger partial charge in [0.05, 0.1) is 12.5 Å². The van der Waals surface area contributed by atoms with E-state index in [4.69, 9.17) is 14.7 Å². The van der Waals surface area contributed by atoms with E-state index in [0.29, 0.717) is 12.2 Å². The van der Waals surface area contributed by atoms with Crippen LogP contribution in [0.1, 0.15) is 11.1 Å². The van der Waals surface area contributed by atoms with Crippen molar-refractivity contribution in [2.45, 2.75) is 19.4 Å². The molecule has 1 N–H and O–H groups in total. The van der Waals surface area contributed by atoms with Crippen LogP contribution in [0.5, 0.6) is 11.5 Å². The molecule has 0 aliphatic carbocycles. The Hall–Kier alpha value is -2.51. The number of nitriles is 1. The molecule has 0 heterocycles. The molecule has 4 heteroatoms. The highest BCUT2D eigenvalue weighted by Crippen LogP contribution is 2.14. The summed E-state index contributed by atoms with van der Waals surface area (Å²) >= 11 is 0. The van der Waals surface area contributed by atoms with Crippen molar-refractivity contribution in [3.8, 4) is 17.6 Å². The first-order chi connectivity index (χ1) is 10.7. The molecule has 2 aromatic carbocycles. The van der Waals surface area contributed by atoms with Crippen molar-refractivity contribution in [2.24, 2.45) is 0 Å². The number of ether oxygens (including phenoxy) is 2. The van der Waals surface area contributed by atoms with E-state index in [1.165, 1.54) is 0 Å². The zero-order valence-corrected chi connectivity index (χ0v) is 12.5.